The van der Waals surface area contributed by atoms with Gasteiger partial charge in [0.15, 0.2) is 0 Å². The number of amides is 3. The molecule has 2 aromatic rings. The molecule has 31 heavy (non-hydrogen) atoms. The molecule has 0 spiro atoms. The van der Waals surface area contributed by atoms with E-state index < -0.39 is 0 Å². The zero-order valence-electron chi connectivity index (χ0n) is 18.2. The van der Waals surface area contributed by atoms with Gasteiger partial charge in [-0.15, -0.1) is 0 Å². The van der Waals surface area contributed by atoms with Crippen molar-refractivity contribution in [3.63, 3.8) is 0 Å². The van der Waals surface area contributed by atoms with Crippen LogP contribution in [0, 0.1) is 6.92 Å². The third-order valence-corrected chi connectivity index (χ3v) is 4.51. The molecule has 0 unspecified atom stereocenters. The van der Waals surface area contributed by atoms with Crippen molar-refractivity contribution in [2.24, 2.45) is 0 Å². The number of carbonyl (C=O) groups is 3. The fourth-order valence-electron chi connectivity index (χ4n) is 2.75. The van der Waals surface area contributed by atoms with Crippen LogP contribution in [-0.2, 0) is 14.3 Å². The summed E-state index contributed by atoms with van der Waals surface area (Å²) in [4.78, 5) is 36.2. The molecule has 0 aliphatic carbocycles. The van der Waals surface area contributed by atoms with Gasteiger partial charge >= 0.3 is 0 Å². The molecule has 3 amide bonds. The number of carbonyl (C=O) groups excluding carboxylic acids is 3. The van der Waals surface area contributed by atoms with E-state index in [0.717, 1.165) is 17.7 Å². The lowest BCUT2D eigenvalue weighted by molar-refractivity contribution is -0.116. The molecule has 8 heteroatoms. The molecular formula is C23H30N4O4. The first-order valence-corrected chi connectivity index (χ1v) is 10.2. The van der Waals surface area contributed by atoms with E-state index in [1.54, 1.807) is 44.4 Å². The molecule has 2 rings (SSSR count). The maximum absolute atomic E-state index is 12.3. The Morgan fingerprint density at radius 1 is 0.968 bits per heavy atom. The maximum Gasteiger partial charge on any atom is 0.251 e. The first-order chi connectivity index (χ1) is 14.9. The SMILES string of the molecule is CCC(=O)Nc1cc(NCC(=O)Nc2cccc(C(=O)NCCCOC)c2)ccc1C. The van der Waals surface area contributed by atoms with Crippen molar-refractivity contribution >= 4 is 34.8 Å². The van der Waals surface area contributed by atoms with Gasteiger partial charge < -0.3 is 26.0 Å². The molecule has 0 atom stereocenters. The molecule has 0 saturated heterocycles. The molecule has 0 aliphatic rings. The van der Waals surface area contributed by atoms with Gasteiger partial charge in [0.25, 0.3) is 5.91 Å². The number of ether oxygens (including phenoxy) is 1. The summed E-state index contributed by atoms with van der Waals surface area (Å²) >= 11 is 0. The van der Waals surface area contributed by atoms with Gasteiger partial charge in [-0.3, -0.25) is 14.4 Å². The summed E-state index contributed by atoms with van der Waals surface area (Å²) in [5, 5.41) is 11.5. The number of aryl methyl sites for hydroxylation is 1. The van der Waals surface area contributed by atoms with Crippen molar-refractivity contribution in [3.05, 3.63) is 53.6 Å². The zero-order valence-corrected chi connectivity index (χ0v) is 18.2. The van der Waals surface area contributed by atoms with Crippen LogP contribution in [0.3, 0.4) is 0 Å². The molecule has 0 aliphatic heterocycles. The molecule has 0 aromatic heterocycles. The van der Waals surface area contributed by atoms with Crippen molar-refractivity contribution in [2.45, 2.75) is 26.7 Å². The Hall–Kier alpha value is -3.39. The topological polar surface area (TPSA) is 109 Å². The molecule has 0 bridgehead atoms. The van der Waals surface area contributed by atoms with Crippen molar-refractivity contribution in [3.8, 4) is 0 Å². The molecular weight excluding hydrogens is 396 g/mol. The van der Waals surface area contributed by atoms with E-state index in [1.807, 2.05) is 19.1 Å². The number of hydrogen-bond donors (Lipinski definition) is 4. The summed E-state index contributed by atoms with van der Waals surface area (Å²) in [6.07, 6.45) is 1.12. The molecule has 166 valence electrons. The Kier molecular flexibility index (Phi) is 9.51. The van der Waals surface area contributed by atoms with E-state index in [9.17, 15) is 14.4 Å². The van der Waals surface area contributed by atoms with Gasteiger partial charge in [0.2, 0.25) is 11.8 Å². The highest BCUT2D eigenvalue weighted by atomic mass is 16.5. The molecule has 0 heterocycles. The maximum atomic E-state index is 12.3. The Labute approximate surface area is 182 Å². The van der Waals surface area contributed by atoms with Crippen LogP contribution in [0.5, 0.6) is 0 Å². The van der Waals surface area contributed by atoms with E-state index >= 15 is 0 Å². The molecule has 4 N–H and O–H groups in total. The highest BCUT2D eigenvalue weighted by molar-refractivity contribution is 5.98. The van der Waals surface area contributed by atoms with Crippen LogP contribution in [0.2, 0.25) is 0 Å². The number of benzene rings is 2. The van der Waals surface area contributed by atoms with E-state index in [4.69, 9.17) is 4.74 Å². The summed E-state index contributed by atoms with van der Waals surface area (Å²) in [5.74, 6) is -0.524. The minimum absolute atomic E-state index is 0.0394. The zero-order chi connectivity index (χ0) is 22.6. The smallest absolute Gasteiger partial charge is 0.251 e. The first-order valence-electron chi connectivity index (χ1n) is 10.2. The Balaban J connectivity index is 1.89. The number of nitrogens with one attached hydrogen (secondary N) is 4. The Morgan fingerprint density at radius 3 is 2.52 bits per heavy atom. The van der Waals surface area contributed by atoms with Gasteiger partial charge in [-0.25, -0.2) is 0 Å². The third kappa shape index (κ3) is 8.10. The monoisotopic (exact) mass is 426 g/mol. The summed E-state index contributed by atoms with van der Waals surface area (Å²) in [5.41, 5.74) is 3.38. The van der Waals surface area contributed by atoms with Gasteiger partial charge in [-0.05, 0) is 49.2 Å². The molecule has 0 radical (unpaired) electrons. The lowest BCUT2D eigenvalue weighted by Gasteiger charge is -2.12. The average molecular weight is 427 g/mol. The van der Waals surface area contributed by atoms with E-state index in [-0.39, 0.29) is 24.3 Å². The lowest BCUT2D eigenvalue weighted by atomic mass is 10.1. The minimum Gasteiger partial charge on any atom is -0.385 e. The van der Waals surface area contributed by atoms with Gasteiger partial charge in [-0.2, -0.15) is 0 Å². The van der Waals surface area contributed by atoms with E-state index in [0.29, 0.717) is 36.5 Å². The highest BCUT2D eigenvalue weighted by Crippen LogP contribution is 2.20. The fraction of sp³-hybridized carbons (Fsp3) is 0.348. The number of hydrogen-bond acceptors (Lipinski definition) is 5. The van der Waals surface area contributed by atoms with Crippen molar-refractivity contribution in [2.75, 3.05) is 42.8 Å². The van der Waals surface area contributed by atoms with E-state index in [2.05, 4.69) is 21.3 Å². The fourth-order valence-corrected chi connectivity index (χ4v) is 2.75. The second-order valence-corrected chi connectivity index (χ2v) is 7.02. The Morgan fingerprint density at radius 2 is 1.77 bits per heavy atom. The Bertz CT molecular complexity index is 914. The average Bonchev–Trinajstić information content (AvgIpc) is 2.77. The summed E-state index contributed by atoms with van der Waals surface area (Å²) in [6, 6.07) is 12.3. The van der Waals surface area contributed by atoms with Crippen molar-refractivity contribution in [1.29, 1.82) is 0 Å². The van der Waals surface area contributed by atoms with E-state index in [1.165, 1.54) is 0 Å². The number of anilines is 3. The van der Waals surface area contributed by atoms with Crippen LogP contribution in [0.15, 0.2) is 42.5 Å². The van der Waals surface area contributed by atoms with Crippen molar-refractivity contribution < 1.29 is 19.1 Å². The third-order valence-electron chi connectivity index (χ3n) is 4.51. The standard InChI is InChI=1S/C23H30N4O4/c1-4-21(28)27-20-14-18(10-9-16(20)2)25-15-22(29)26-19-8-5-7-17(13-19)23(30)24-11-6-12-31-3/h5,7-10,13-14,25H,4,6,11-12,15H2,1-3H3,(H,24,30)(H,26,29)(H,27,28). The predicted octanol–water partition coefficient (Wildman–Crippen LogP) is 3.16. The normalized spacial score (nSPS) is 10.3. The molecule has 0 saturated carbocycles. The molecule has 0 fully saturated rings. The second kappa shape index (κ2) is 12.3. The summed E-state index contributed by atoms with van der Waals surface area (Å²) in [7, 11) is 1.62. The first kappa shape index (κ1) is 23.9. The second-order valence-electron chi connectivity index (χ2n) is 7.02. The van der Waals surface area contributed by atoms with Gasteiger partial charge in [0, 0.05) is 49.3 Å². The van der Waals surface area contributed by atoms with Crippen molar-refractivity contribution in [1.82, 2.24) is 5.32 Å². The van der Waals surface area contributed by atoms with Gasteiger partial charge in [0.05, 0.1) is 6.54 Å². The molecule has 8 nitrogen and oxygen atoms in total. The van der Waals surface area contributed by atoms with Gasteiger partial charge in [-0.1, -0.05) is 19.1 Å². The molecule has 2 aromatic carbocycles. The van der Waals surface area contributed by atoms with Crippen LogP contribution in [-0.4, -0.2) is 44.5 Å². The highest BCUT2D eigenvalue weighted by Gasteiger charge is 2.09. The van der Waals surface area contributed by atoms with Crippen LogP contribution in [0.1, 0.15) is 35.7 Å². The quantitative estimate of drug-likeness (QED) is 0.413. The largest absolute Gasteiger partial charge is 0.385 e. The summed E-state index contributed by atoms with van der Waals surface area (Å²) in [6.45, 7) is 4.83. The lowest BCUT2D eigenvalue weighted by Crippen LogP contribution is -2.25. The minimum atomic E-state index is -0.252. The van der Waals surface area contributed by atoms with Gasteiger partial charge in [0.1, 0.15) is 0 Å². The number of rotatable bonds is 11. The number of methoxy groups -OCH3 is 1. The predicted molar refractivity (Wildman–Crippen MR) is 122 cm³/mol. The van der Waals surface area contributed by atoms with Crippen LogP contribution in [0.4, 0.5) is 17.1 Å². The summed E-state index contributed by atoms with van der Waals surface area (Å²) < 4.78 is 4.96. The van der Waals surface area contributed by atoms with Crippen LogP contribution < -0.4 is 21.3 Å². The van der Waals surface area contributed by atoms with Crippen LogP contribution >= 0.6 is 0 Å². The van der Waals surface area contributed by atoms with Crippen LogP contribution in [0.25, 0.3) is 0 Å².